The van der Waals surface area contributed by atoms with Crippen molar-refractivity contribution in [2.45, 2.75) is 16.6 Å². The zero-order valence-electron chi connectivity index (χ0n) is 9.38. The molecule has 1 aromatic rings. The molecule has 0 radical (unpaired) electrons. The Kier molecular flexibility index (Phi) is 3.57. The molecule has 1 aliphatic heterocycles. The number of allylic oxidation sites excluding steroid dienone is 2. The normalized spacial score (nSPS) is 23.1. The van der Waals surface area contributed by atoms with E-state index in [4.69, 9.17) is 17.3 Å². The number of nitrogens with two attached hydrogens (primary N) is 1. The van der Waals surface area contributed by atoms with Gasteiger partial charge in [-0.3, -0.25) is 0 Å². The van der Waals surface area contributed by atoms with Gasteiger partial charge in [0, 0.05) is 17.6 Å². The maximum Gasteiger partial charge on any atom is 0.416 e. The van der Waals surface area contributed by atoms with E-state index in [1.54, 1.807) is 0 Å². The van der Waals surface area contributed by atoms with Crippen molar-refractivity contribution in [3.8, 4) is 0 Å². The summed E-state index contributed by atoms with van der Waals surface area (Å²) in [4.78, 5) is 0. The van der Waals surface area contributed by atoms with Crippen LogP contribution in [0.3, 0.4) is 0 Å². The number of hydrogen-bond acceptors (Lipinski definition) is 3. The summed E-state index contributed by atoms with van der Waals surface area (Å²) >= 11 is 9.33. The maximum absolute atomic E-state index is 12.7. The van der Waals surface area contributed by atoms with Crippen LogP contribution in [0.2, 0.25) is 0 Å². The Morgan fingerprint density at radius 1 is 1.53 bits per heavy atom. The second-order valence-corrected chi connectivity index (χ2v) is 4.99. The lowest BCUT2D eigenvalue weighted by molar-refractivity contribution is -0.0892. The summed E-state index contributed by atoms with van der Waals surface area (Å²) in [6.45, 7) is 0. The molecule has 0 spiro atoms. The molecular weight excluding hydrogens is 348 g/mol. The molecule has 19 heavy (non-hydrogen) atoms. The third-order valence-corrected chi connectivity index (χ3v) is 3.41. The highest BCUT2D eigenvalue weighted by atomic mass is 79.9. The van der Waals surface area contributed by atoms with Crippen LogP contribution in [0.4, 0.5) is 19.0 Å². The fourth-order valence-corrected chi connectivity index (χ4v) is 2.21. The van der Waals surface area contributed by atoms with Crippen LogP contribution in [0.15, 0.2) is 30.0 Å². The van der Waals surface area contributed by atoms with Crippen LogP contribution in [0, 0.1) is 0 Å². The monoisotopic (exact) mass is 356 g/mol. The fraction of sp³-hybridized carbons (Fsp3) is 0.300. The lowest BCUT2D eigenvalue weighted by atomic mass is 10.1. The Bertz CT molecular complexity index is 551. The third kappa shape index (κ3) is 2.74. The molecule has 1 aliphatic rings. The number of nitrogen functional groups attached to an aromatic ring is 1. The summed E-state index contributed by atoms with van der Waals surface area (Å²) in [5, 5.41) is 5.39. The van der Waals surface area contributed by atoms with Crippen molar-refractivity contribution in [3.05, 3.63) is 35.7 Å². The lowest BCUT2D eigenvalue weighted by Crippen LogP contribution is -2.42. The van der Waals surface area contributed by atoms with Crippen LogP contribution >= 0.6 is 27.5 Å². The van der Waals surface area contributed by atoms with E-state index in [1.165, 1.54) is 6.07 Å². The van der Waals surface area contributed by atoms with E-state index in [-0.39, 0.29) is 5.82 Å². The fourth-order valence-electron chi connectivity index (χ4n) is 1.62. The number of nitrogens with zero attached hydrogens (tertiary/aromatic N) is 2. The number of hydrogen-bond donors (Lipinski definition) is 2. The predicted octanol–water partition coefficient (Wildman–Crippen LogP) is 2.81. The Balaban J connectivity index is 2.45. The van der Waals surface area contributed by atoms with Crippen molar-refractivity contribution in [3.63, 3.8) is 0 Å². The topological polar surface area (TPSA) is 55.9 Å². The van der Waals surface area contributed by atoms with Gasteiger partial charge in [0.05, 0.1) is 11.3 Å². The number of halogens is 5. The van der Waals surface area contributed by atoms with E-state index < -0.39 is 16.9 Å². The average molecular weight is 358 g/mol. The first-order chi connectivity index (χ1) is 8.76. The number of rotatable bonds is 2. The van der Waals surface area contributed by atoms with Crippen molar-refractivity contribution in [2.24, 2.45) is 0 Å². The van der Waals surface area contributed by atoms with Gasteiger partial charge in [0.25, 0.3) is 0 Å². The summed E-state index contributed by atoms with van der Waals surface area (Å²) in [6, 6.07) is 1.53. The van der Waals surface area contributed by atoms with Crippen molar-refractivity contribution >= 4 is 33.3 Å². The van der Waals surface area contributed by atoms with Crippen LogP contribution in [0.1, 0.15) is 5.69 Å². The van der Waals surface area contributed by atoms with E-state index in [0.29, 0.717) is 11.0 Å². The Morgan fingerprint density at radius 3 is 2.74 bits per heavy atom. The number of alkyl halides is 5. The molecule has 0 saturated carbocycles. The highest BCUT2D eigenvalue weighted by Crippen LogP contribution is 2.35. The molecule has 0 aromatic carbocycles. The second kappa shape index (κ2) is 4.75. The molecule has 9 heteroatoms. The minimum atomic E-state index is -4.49. The molecular formula is C10H9BrClF3N4. The molecule has 104 valence electrons. The number of nitrogens with one attached hydrogen (secondary N) is 1. The third-order valence-electron chi connectivity index (χ3n) is 2.46. The van der Waals surface area contributed by atoms with E-state index in [0.717, 1.165) is 23.0 Å². The van der Waals surface area contributed by atoms with Crippen molar-refractivity contribution < 1.29 is 13.2 Å². The SMILES string of the molecule is Nc1cc(CBr)nn1C1(Cl)C=C(C(F)(F)F)C=CN1. The average Bonchev–Trinajstić information content (AvgIpc) is 2.70. The molecule has 2 heterocycles. The van der Waals surface area contributed by atoms with Crippen molar-refractivity contribution in [1.29, 1.82) is 0 Å². The molecule has 0 bridgehead atoms. The summed E-state index contributed by atoms with van der Waals surface area (Å²) < 4.78 is 39.2. The van der Waals surface area contributed by atoms with Gasteiger partial charge < -0.3 is 11.1 Å². The molecule has 4 nitrogen and oxygen atoms in total. The molecule has 0 aliphatic carbocycles. The van der Waals surface area contributed by atoms with Gasteiger partial charge in [-0.2, -0.15) is 18.3 Å². The zero-order chi connectivity index (χ0) is 14.3. The molecule has 1 aromatic heterocycles. The van der Waals surface area contributed by atoms with Crippen molar-refractivity contribution in [1.82, 2.24) is 15.1 Å². The minimum Gasteiger partial charge on any atom is -0.384 e. The number of anilines is 1. The number of dihydropyridines is 1. The van der Waals surface area contributed by atoms with Crippen molar-refractivity contribution in [2.75, 3.05) is 5.73 Å². The van der Waals surface area contributed by atoms with Gasteiger partial charge >= 0.3 is 6.18 Å². The smallest absolute Gasteiger partial charge is 0.384 e. The van der Waals surface area contributed by atoms with E-state index in [2.05, 4.69) is 26.3 Å². The standard InChI is InChI=1S/C10H9BrClF3N4/c11-5-7-3-8(16)19(18-7)9(12)4-6(1-2-17-9)10(13,14)15/h1-4,17H,5,16H2. The molecule has 2 rings (SSSR count). The largest absolute Gasteiger partial charge is 0.416 e. The van der Waals surface area contributed by atoms with E-state index in [9.17, 15) is 13.2 Å². The Hall–Kier alpha value is -1.15. The summed E-state index contributed by atoms with van der Waals surface area (Å²) in [5.41, 5.74) is 5.41. The van der Waals surface area contributed by atoms with Crippen LogP contribution in [-0.4, -0.2) is 16.0 Å². The predicted molar refractivity (Wildman–Crippen MR) is 69.5 cm³/mol. The highest BCUT2D eigenvalue weighted by Gasteiger charge is 2.39. The summed E-state index contributed by atoms with van der Waals surface area (Å²) in [5.74, 6) is 0.157. The van der Waals surface area contributed by atoms with E-state index in [1.807, 2.05) is 0 Å². The molecule has 0 amide bonds. The molecule has 1 unspecified atom stereocenters. The summed E-state index contributed by atoms with van der Waals surface area (Å²) in [7, 11) is 0. The quantitative estimate of drug-likeness (QED) is 0.632. The minimum absolute atomic E-state index is 0.157. The first-order valence-electron chi connectivity index (χ1n) is 5.10. The van der Waals surface area contributed by atoms with Gasteiger partial charge in [-0.05, 0) is 12.2 Å². The summed E-state index contributed by atoms with van der Waals surface area (Å²) in [6.07, 6.45) is -1.65. The van der Waals surface area contributed by atoms with Gasteiger partial charge in [-0.25, -0.2) is 4.68 Å². The van der Waals surface area contributed by atoms with Gasteiger partial charge in [0.2, 0.25) is 5.12 Å². The first kappa shape index (κ1) is 14.3. The van der Waals surface area contributed by atoms with Gasteiger partial charge in [0.1, 0.15) is 5.82 Å². The Morgan fingerprint density at radius 2 is 2.21 bits per heavy atom. The maximum atomic E-state index is 12.7. The van der Waals surface area contributed by atoms with Gasteiger partial charge in [0.15, 0.2) is 0 Å². The first-order valence-corrected chi connectivity index (χ1v) is 6.60. The molecule has 3 N–H and O–H groups in total. The Labute approximate surface area is 120 Å². The van der Waals surface area contributed by atoms with Gasteiger partial charge in [-0.15, -0.1) is 0 Å². The zero-order valence-corrected chi connectivity index (χ0v) is 11.7. The van der Waals surface area contributed by atoms with Crippen LogP contribution in [0.5, 0.6) is 0 Å². The molecule has 1 atom stereocenters. The number of aromatic nitrogens is 2. The molecule has 0 fully saturated rings. The van der Waals surface area contributed by atoms with Crippen LogP contribution in [-0.2, 0) is 10.5 Å². The highest BCUT2D eigenvalue weighted by molar-refractivity contribution is 9.08. The van der Waals surface area contributed by atoms with Crippen LogP contribution < -0.4 is 11.1 Å². The van der Waals surface area contributed by atoms with Gasteiger partial charge in [-0.1, -0.05) is 27.5 Å². The lowest BCUT2D eigenvalue weighted by Gasteiger charge is -2.29. The second-order valence-electron chi connectivity index (χ2n) is 3.85. The molecule has 0 saturated heterocycles. The van der Waals surface area contributed by atoms with Crippen LogP contribution in [0.25, 0.3) is 0 Å². The van der Waals surface area contributed by atoms with E-state index >= 15 is 0 Å².